The van der Waals surface area contributed by atoms with E-state index in [4.69, 9.17) is 4.74 Å². The van der Waals surface area contributed by atoms with Crippen molar-refractivity contribution in [3.63, 3.8) is 0 Å². The third-order valence-corrected chi connectivity index (χ3v) is 1.51. The minimum Gasteiger partial charge on any atom is -0.450 e. The van der Waals surface area contributed by atoms with Gasteiger partial charge in [-0.2, -0.15) is 0 Å². The second-order valence-corrected chi connectivity index (χ2v) is 2.69. The first-order valence-corrected chi connectivity index (χ1v) is 5.17. The standard InChI is InChI=1S/C9H19NO2.C2H4/c1-4-7-10(8-5-2)9(11)12-6-3;1-2/h4-8H2,1-3H3;1-2H2. The summed E-state index contributed by atoms with van der Waals surface area (Å²) in [6, 6.07) is 0. The summed E-state index contributed by atoms with van der Waals surface area (Å²) in [5, 5.41) is 0. The average Bonchev–Trinajstić information content (AvgIpc) is 2.21. The second-order valence-electron chi connectivity index (χ2n) is 2.69. The Kier molecular flexibility index (Phi) is 13.3. The topological polar surface area (TPSA) is 29.5 Å². The zero-order chi connectivity index (χ0) is 11.4. The molecule has 0 rings (SSSR count). The number of amides is 1. The van der Waals surface area contributed by atoms with Gasteiger partial charge < -0.3 is 9.64 Å². The minimum absolute atomic E-state index is 0.179. The highest BCUT2D eigenvalue weighted by Crippen LogP contribution is 1.97. The van der Waals surface area contributed by atoms with Gasteiger partial charge in [-0.15, -0.1) is 13.2 Å². The number of hydrogen-bond acceptors (Lipinski definition) is 2. The van der Waals surface area contributed by atoms with E-state index in [-0.39, 0.29) is 6.09 Å². The molecule has 0 radical (unpaired) electrons. The van der Waals surface area contributed by atoms with Crippen LogP contribution in [0.2, 0.25) is 0 Å². The molecule has 0 aliphatic heterocycles. The van der Waals surface area contributed by atoms with Crippen molar-refractivity contribution < 1.29 is 9.53 Å². The van der Waals surface area contributed by atoms with Gasteiger partial charge in [-0.1, -0.05) is 13.8 Å². The van der Waals surface area contributed by atoms with Crippen LogP contribution in [0.3, 0.4) is 0 Å². The molecule has 0 saturated carbocycles. The predicted octanol–water partition coefficient (Wildman–Crippen LogP) is 3.07. The van der Waals surface area contributed by atoms with Gasteiger partial charge in [0.25, 0.3) is 0 Å². The van der Waals surface area contributed by atoms with E-state index in [1.807, 2.05) is 6.92 Å². The quantitative estimate of drug-likeness (QED) is 0.640. The largest absolute Gasteiger partial charge is 0.450 e. The molecule has 0 aromatic heterocycles. The predicted molar refractivity (Wildman–Crippen MR) is 60.4 cm³/mol. The van der Waals surface area contributed by atoms with Gasteiger partial charge in [0.05, 0.1) is 6.61 Å². The number of ether oxygens (including phenoxy) is 1. The zero-order valence-electron chi connectivity index (χ0n) is 9.71. The first kappa shape index (κ1) is 15.5. The molecule has 0 unspecified atom stereocenters. The van der Waals surface area contributed by atoms with E-state index in [1.165, 1.54) is 0 Å². The van der Waals surface area contributed by atoms with Crippen LogP contribution >= 0.6 is 0 Å². The number of carbonyl (C=O) groups is 1. The van der Waals surface area contributed by atoms with E-state index >= 15 is 0 Å². The Balaban J connectivity index is 0. The fraction of sp³-hybridized carbons (Fsp3) is 0.727. The van der Waals surface area contributed by atoms with Crippen molar-refractivity contribution in [3.8, 4) is 0 Å². The first-order valence-electron chi connectivity index (χ1n) is 5.17. The van der Waals surface area contributed by atoms with E-state index in [9.17, 15) is 4.79 Å². The Morgan fingerprint density at radius 1 is 1.14 bits per heavy atom. The van der Waals surface area contributed by atoms with Crippen LogP contribution in [0.5, 0.6) is 0 Å². The van der Waals surface area contributed by atoms with Crippen molar-refractivity contribution in [1.82, 2.24) is 4.90 Å². The van der Waals surface area contributed by atoms with Crippen molar-refractivity contribution in [3.05, 3.63) is 13.2 Å². The summed E-state index contributed by atoms with van der Waals surface area (Å²) in [6.45, 7) is 14.0. The van der Waals surface area contributed by atoms with Crippen LogP contribution in [0, 0.1) is 0 Å². The molecule has 0 aromatic rings. The van der Waals surface area contributed by atoms with Gasteiger partial charge in [0.2, 0.25) is 0 Å². The normalized spacial score (nSPS) is 8.50. The SMILES string of the molecule is C=C.CCCN(CCC)C(=O)OCC. The Hall–Kier alpha value is -0.990. The molecule has 0 aromatic carbocycles. The van der Waals surface area contributed by atoms with E-state index in [0.717, 1.165) is 25.9 Å². The summed E-state index contributed by atoms with van der Waals surface area (Å²) in [4.78, 5) is 13.0. The minimum atomic E-state index is -0.179. The molecule has 0 heterocycles. The summed E-state index contributed by atoms with van der Waals surface area (Å²) in [7, 11) is 0. The van der Waals surface area contributed by atoms with Crippen molar-refractivity contribution >= 4 is 6.09 Å². The molecule has 0 saturated heterocycles. The number of rotatable bonds is 5. The molecule has 0 N–H and O–H groups in total. The summed E-state index contributed by atoms with van der Waals surface area (Å²) >= 11 is 0. The summed E-state index contributed by atoms with van der Waals surface area (Å²) < 4.78 is 4.90. The van der Waals surface area contributed by atoms with Crippen molar-refractivity contribution in [2.45, 2.75) is 33.6 Å². The summed E-state index contributed by atoms with van der Waals surface area (Å²) in [6.07, 6.45) is 1.79. The maximum atomic E-state index is 11.2. The van der Waals surface area contributed by atoms with Crippen LogP contribution in [0.15, 0.2) is 13.2 Å². The van der Waals surface area contributed by atoms with Gasteiger partial charge in [0.15, 0.2) is 0 Å². The third-order valence-electron chi connectivity index (χ3n) is 1.51. The van der Waals surface area contributed by atoms with Crippen molar-refractivity contribution in [2.75, 3.05) is 19.7 Å². The second kappa shape index (κ2) is 12.0. The van der Waals surface area contributed by atoms with E-state index in [2.05, 4.69) is 27.0 Å². The molecule has 3 heteroatoms. The molecule has 14 heavy (non-hydrogen) atoms. The first-order chi connectivity index (χ1) is 6.76. The fourth-order valence-electron chi connectivity index (χ4n) is 1.05. The van der Waals surface area contributed by atoms with Gasteiger partial charge in [-0.25, -0.2) is 4.79 Å². The zero-order valence-corrected chi connectivity index (χ0v) is 9.71. The monoisotopic (exact) mass is 201 g/mol. The Bertz CT molecular complexity index is 131. The molecule has 0 aliphatic rings. The summed E-state index contributed by atoms with van der Waals surface area (Å²) in [5.41, 5.74) is 0. The lowest BCUT2D eigenvalue weighted by Gasteiger charge is -2.19. The highest BCUT2D eigenvalue weighted by atomic mass is 16.6. The lowest BCUT2D eigenvalue weighted by Crippen LogP contribution is -2.32. The molecular weight excluding hydrogens is 178 g/mol. The Morgan fingerprint density at radius 2 is 1.57 bits per heavy atom. The van der Waals surface area contributed by atoms with Crippen LogP contribution in [-0.4, -0.2) is 30.7 Å². The van der Waals surface area contributed by atoms with Crippen LogP contribution in [0.25, 0.3) is 0 Å². The van der Waals surface area contributed by atoms with Crippen LogP contribution < -0.4 is 0 Å². The molecule has 0 bridgehead atoms. The van der Waals surface area contributed by atoms with Crippen molar-refractivity contribution in [1.29, 1.82) is 0 Å². The highest BCUT2D eigenvalue weighted by molar-refractivity contribution is 5.67. The van der Waals surface area contributed by atoms with Gasteiger partial charge >= 0.3 is 6.09 Å². The van der Waals surface area contributed by atoms with Gasteiger partial charge in [-0.3, -0.25) is 0 Å². The van der Waals surface area contributed by atoms with Crippen LogP contribution in [0.1, 0.15) is 33.6 Å². The number of hydrogen-bond donors (Lipinski definition) is 0. The molecule has 1 amide bonds. The van der Waals surface area contributed by atoms with Gasteiger partial charge in [-0.05, 0) is 19.8 Å². The third kappa shape index (κ3) is 7.65. The van der Waals surface area contributed by atoms with Crippen molar-refractivity contribution in [2.24, 2.45) is 0 Å². The molecule has 3 nitrogen and oxygen atoms in total. The lowest BCUT2D eigenvalue weighted by molar-refractivity contribution is 0.107. The summed E-state index contributed by atoms with van der Waals surface area (Å²) in [5.74, 6) is 0. The Morgan fingerprint density at radius 3 is 1.86 bits per heavy atom. The van der Waals surface area contributed by atoms with E-state index < -0.39 is 0 Å². The van der Waals surface area contributed by atoms with E-state index in [0.29, 0.717) is 6.61 Å². The molecule has 0 fully saturated rings. The molecule has 0 aliphatic carbocycles. The Labute approximate surface area is 87.7 Å². The van der Waals surface area contributed by atoms with Gasteiger partial charge in [0.1, 0.15) is 0 Å². The van der Waals surface area contributed by atoms with Gasteiger partial charge in [0, 0.05) is 13.1 Å². The average molecular weight is 201 g/mol. The highest BCUT2D eigenvalue weighted by Gasteiger charge is 2.11. The number of nitrogens with zero attached hydrogens (tertiary/aromatic N) is 1. The van der Waals surface area contributed by atoms with Crippen LogP contribution in [0.4, 0.5) is 4.79 Å². The molecular formula is C11H23NO2. The smallest absolute Gasteiger partial charge is 0.409 e. The van der Waals surface area contributed by atoms with Crippen LogP contribution in [-0.2, 0) is 4.74 Å². The van der Waals surface area contributed by atoms with E-state index in [1.54, 1.807) is 4.90 Å². The maximum Gasteiger partial charge on any atom is 0.409 e. The fourth-order valence-corrected chi connectivity index (χ4v) is 1.05. The lowest BCUT2D eigenvalue weighted by atomic mass is 10.4. The molecule has 0 spiro atoms. The number of carbonyl (C=O) groups excluding carboxylic acids is 1. The molecule has 0 atom stereocenters. The maximum absolute atomic E-state index is 11.2. The molecule has 84 valence electrons.